The third-order valence-corrected chi connectivity index (χ3v) is 12.2. The highest BCUT2D eigenvalue weighted by atomic mass is 31.2. The van der Waals surface area contributed by atoms with Crippen molar-refractivity contribution in [2.24, 2.45) is 0 Å². The number of ether oxygens (including phenoxy) is 2. The van der Waals surface area contributed by atoms with E-state index in [1.807, 2.05) is 0 Å². The molecule has 3 unspecified atom stereocenters. The molecule has 17 heteroatoms. The van der Waals surface area contributed by atoms with E-state index in [4.69, 9.17) is 18.5 Å². The Morgan fingerprint density at radius 2 is 1.05 bits per heavy atom. The molecule has 0 radical (unpaired) electrons. The zero-order chi connectivity index (χ0) is 49.0. The van der Waals surface area contributed by atoms with E-state index in [1.165, 1.54) is 44.6 Å². The van der Waals surface area contributed by atoms with E-state index in [0.29, 0.717) is 12.8 Å². The summed E-state index contributed by atoms with van der Waals surface area (Å²) in [6.45, 7) is 2.90. The Labute approximate surface area is 393 Å². The Hall–Kier alpha value is -2.57. The molecule has 382 valence electrons. The van der Waals surface area contributed by atoms with Gasteiger partial charge in [-0.25, -0.2) is 4.57 Å². The van der Waals surface area contributed by atoms with E-state index in [9.17, 15) is 59.9 Å². The number of carbonyl (C=O) groups excluding carboxylic acids is 2. The van der Waals surface area contributed by atoms with Crippen LogP contribution in [0.3, 0.4) is 0 Å². The van der Waals surface area contributed by atoms with Crippen molar-refractivity contribution >= 4 is 19.8 Å². The topological polar surface area (TPSA) is 270 Å². The Morgan fingerprint density at radius 1 is 0.561 bits per heavy atom. The molecule has 0 aromatic rings. The van der Waals surface area contributed by atoms with Gasteiger partial charge in [-0.3, -0.25) is 18.6 Å². The summed E-state index contributed by atoms with van der Waals surface area (Å²) in [4.78, 5) is 35.8. The summed E-state index contributed by atoms with van der Waals surface area (Å²) in [5.41, 5.74) is 0. The quantitative estimate of drug-likeness (QED) is 0.0103. The van der Waals surface area contributed by atoms with E-state index in [0.717, 1.165) is 70.6 Å². The lowest BCUT2D eigenvalue weighted by atomic mass is 9.85. The van der Waals surface area contributed by atoms with Crippen LogP contribution in [0.1, 0.15) is 162 Å². The van der Waals surface area contributed by atoms with Crippen LogP contribution in [0, 0.1) is 0 Å². The normalized spacial score (nSPS) is 23.3. The molecule has 1 saturated carbocycles. The maximum atomic E-state index is 12.8. The van der Waals surface area contributed by atoms with Crippen LogP contribution < -0.4 is 0 Å². The zero-order valence-corrected chi connectivity index (χ0v) is 40.4. The van der Waals surface area contributed by atoms with E-state index < -0.39 is 94.0 Å². The third kappa shape index (κ3) is 30.0. The number of hydrogen-bond donors (Lipinski definition) is 9. The highest BCUT2D eigenvalue weighted by molar-refractivity contribution is 7.47. The van der Waals surface area contributed by atoms with Gasteiger partial charge in [-0.05, 0) is 51.4 Å². The molecule has 1 aliphatic carbocycles. The van der Waals surface area contributed by atoms with E-state index in [2.05, 4.69) is 26.0 Å². The van der Waals surface area contributed by atoms with Crippen molar-refractivity contribution < 1.29 is 78.4 Å². The minimum Gasteiger partial charge on any atom is -0.462 e. The zero-order valence-electron chi connectivity index (χ0n) is 39.6. The number of unbranched alkanes of at least 4 members (excludes halogenated alkanes) is 15. The minimum absolute atomic E-state index is 0.000573. The smallest absolute Gasteiger partial charge is 0.462 e. The summed E-state index contributed by atoms with van der Waals surface area (Å²) in [6, 6.07) is 0. The molecule has 0 bridgehead atoms. The first-order chi connectivity index (χ1) is 31.6. The van der Waals surface area contributed by atoms with Gasteiger partial charge in [0.1, 0.15) is 43.2 Å². The Morgan fingerprint density at radius 3 is 1.64 bits per heavy atom. The molecular weight excluding hydrogens is 875 g/mol. The van der Waals surface area contributed by atoms with Crippen LogP contribution in [0.5, 0.6) is 0 Å². The minimum atomic E-state index is -5.22. The number of esters is 2. The molecule has 16 nitrogen and oxygen atoms in total. The first kappa shape index (κ1) is 61.4. The molecule has 0 spiro atoms. The van der Waals surface area contributed by atoms with Gasteiger partial charge in [-0.15, -0.1) is 0 Å². The molecule has 11 atom stereocenters. The Kier molecular flexibility index (Phi) is 35.7. The number of allylic oxidation sites excluding steroid dienone is 8. The summed E-state index contributed by atoms with van der Waals surface area (Å²) in [5.74, 6) is -1.44. The van der Waals surface area contributed by atoms with Crippen LogP contribution in [-0.2, 0) is 32.7 Å². The molecule has 9 N–H and O–H groups in total. The van der Waals surface area contributed by atoms with Crippen LogP contribution in [0.15, 0.2) is 60.8 Å². The lowest BCUT2D eigenvalue weighted by Crippen LogP contribution is -2.64. The van der Waals surface area contributed by atoms with Crippen molar-refractivity contribution in [2.45, 2.75) is 223 Å². The molecule has 0 aromatic heterocycles. The fourth-order valence-electron chi connectivity index (χ4n) is 7.08. The standard InChI is InChI=1S/C49H85O16P/c1-3-5-7-8-9-10-11-12-13-14-15-16-17-18-19-24-28-34-42(53)62-36-39(37-63-66(60,61)65-49-47(58)45(56)44(55)46(57)48(49)59)64-43(54)35-29-33-41(52)40(51)32-27-23-21-20-22-26-31-38(50)30-25-6-4-2/h12-13,20-23,26-27,31-32,38-41,44-52,55-59H,3-11,14-19,24-25,28-30,33-37H2,1-2H3,(H,60,61)/b13-12-,22-20-,23-21+,31-26+,32-27+/t38-,39+,40-,41-,44?,45-,46+,47+,48+,49?/m0/s1. The number of hydrogen-bond acceptors (Lipinski definition) is 15. The summed E-state index contributed by atoms with van der Waals surface area (Å²) < 4.78 is 33.3. The Balaban J connectivity index is 2.59. The summed E-state index contributed by atoms with van der Waals surface area (Å²) in [7, 11) is -5.22. The molecule has 0 heterocycles. The fourth-order valence-corrected chi connectivity index (χ4v) is 8.05. The molecule has 0 saturated heterocycles. The number of carbonyl (C=O) groups is 2. The van der Waals surface area contributed by atoms with Crippen LogP contribution >= 0.6 is 7.82 Å². The second kappa shape index (κ2) is 38.3. The average Bonchev–Trinajstić information content (AvgIpc) is 3.29. The van der Waals surface area contributed by atoms with Gasteiger partial charge in [-0.1, -0.05) is 158 Å². The van der Waals surface area contributed by atoms with Crippen LogP contribution in [0.4, 0.5) is 0 Å². The number of phosphoric ester groups is 1. The van der Waals surface area contributed by atoms with Gasteiger partial charge >= 0.3 is 19.8 Å². The number of rotatable bonds is 39. The van der Waals surface area contributed by atoms with Gasteiger partial charge in [0.25, 0.3) is 0 Å². The maximum absolute atomic E-state index is 12.8. The van der Waals surface area contributed by atoms with Gasteiger partial charge in [0.05, 0.1) is 24.9 Å². The van der Waals surface area contributed by atoms with E-state index in [1.54, 1.807) is 42.5 Å². The average molecular weight is 961 g/mol. The van der Waals surface area contributed by atoms with Gasteiger partial charge < -0.3 is 55.2 Å². The maximum Gasteiger partial charge on any atom is 0.472 e. The monoisotopic (exact) mass is 961 g/mol. The number of aliphatic hydroxyl groups is 8. The van der Waals surface area contributed by atoms with Crippen molar-refractivity contribution in [3.05, 3.63) is 60.8 Å². The summed E-state index contributed by atoms with van der Waals surface area (Å²) in [5, 5.41) is 80.8. The second-order valence-electron chi connectivity index (χ2n) is 17.2. The molecule has 1 rings (SSSR count). The van der Waals surface area contributed by atoms with Crippen molar-refractivity contribution in [2.75, 3.05) is 13.2 Å². The number of phosphoric acid groups is 1. The van der Waals surface area contributed by atoms with Crippen LogP contribution in [0.25, 0.3) is 0 Å². The predicted molar refractivity (Wildman–Crippen MR) is 253 cm³/mol. The first-order valence-corrected chi connectivity index (χ1v) is 25.9. The number of aliphatic hydroxyl groups excluding tert-OH is 8. The van der Waals surface area contributed by atoms with Crippen molar-refractivity contribution in [3.8, 4) is 0 Å². The SMILES string of the molecule is CCCCCCCC/C=C\CCCCCCCCCC(=O)OC[C@H](COP(=O)(O)OC1[C@H](O)[C@H](O)C(O)[C@H](O)[C@H]1O)OC(=O)CCC[C@H](O)[C@@H](O)/C=C/C=C/C=C\C=C\[C@@H](O)CCCCC. The fraction of sp³-hybridized carbons (Fsp3) is 0.755. The van der Waals surface area contributed by atoms with Crippen molar-refractivity contribution in [3.63, 3.8) is 0 Å². The Bertz CT molecular complexity index is 1440. The molecule has 0 aliphatic heterocycles. The van der Waals surface area contributed by atoms with Crippen molar-refractivity contribution in [1.29, 1.82) is 0 Å². The van der Waals surface area contributed by atoms with Gasteiger partial charge in [0.2, 0.25) is 0 Å². The lowest BCUT2D eigenvalue weighted by Gasteiger charge is -2.41. The molecular formula is C49H85O16P. The molecule has 0 aromatic carbocycles. The molecule has 66 heavy (non-hydrogen) atoms. The molecule has 1 fully saturated rings. The van der Waals surface area contributed by atoms with Crippen LogP contribution in [-0.4, -0.2) is 132 Å². The molecule has 1 aliphatic rings. The van der Waals surface area contributed by atoms with E-state index >= 15 is 0 Å². The van der Waals surface area contributed by atoms with Crippen molar-refractivity contribution in [1.82, 2.24) is 0 Å². The summed E-state index contributed by atoms with van der Waals surface area (Å²) >= 11 is 0. The highest BCUT2D eigenvalue weighted by Crippen LogP contribution is 2.47. The third-order valence-electron chi connectivity index (χ3n) is 11.2. The van der Waals surface area contributed by atoms with Gasteiger partial charge in [0.15, 0.2) is 6.10 Å². The van der Waals surface area contributed by atoms with E-state index in [-0.39, 0.29) is 25.7 Å². The second-order valence-corrected chi connectivity index (χ2v) is 18.6. The van der Waals surface area contributed by atoms with Gasteiger partial charge in [-0.2, -0.15) is 0 Å². The largest absolute Gasteiger partial charge is 0.472 e. The van der Waals surface area contributed by atoms with Crippen LogP contribution in [0.2, 0.25) is 0 Å². The first-order valence-electron chi connectivity index (χ1n) is 24.4. The van der Waals surface area contributed by atoms with Gasteiger partial charge in [0, 0.05) is 12.8 Å². The highest BCUT2D eigenvalue weighted by Gasteiger charge is 2.51. The summed E-state index contributed by atoms with van der Waals surface area (Å²) in [6.07, 6.45) is 21.8. The molecule has 0 amide bonds. The predicted octanol–water partition coefficient (Wildman–Crippen LogP) is 6.64. The lowest BCUT2D eigenvalue weighted by molar-refractivity contribution is -0.220.